The first-order valence-electron chi connectivity index (χ1n) is 10.9. The highest BCUT2D eigenvalue weighted by atomic mass is 31.2. The number of ether oxygens (including phenoxy) is 4. The molecule has 1 aliphatic rings. The average Bonchev–Trinajstić information content (AvgIpc) is 3.19. The van der Waals surface area contributed by atoms with Crippen molar-refractivity contribution in [2.24, 2.45) is 0 Å². The molecule has 0 bridgehead atoms. The van der Waals surface area contributed by atoms with Gasteiger partial charge < -0.3 is 23.5 Å². The van der Waals surface area contributed by atoms with E-state index < -0.39 is 51.0 Å². The van der Waals surface area contributed by atoms with Crippen LogP contribution < -0.4 is 16.3 Å². The van der Waals surface area contributed by atoms with Crippen molar-refractivity contribution in [3.05, 3.63) is 33.1 Å². The average molecular weight is 505 g/mol. The SMILES string of the molecule is CC(C)OC(=O)OCOP(NC(C)C(=O)OC(C)C)OCC1CCC(n2ccc(=O)[nH]c2=O)O1. The topological polar surface area (TPSA) is 156 Å². The number of nitrogens with one attached hydrogen (secondary N) is 2. The summed E-state index contributed by atoms with van der Waals surface area (Å²) in [7, 11) is -1.88. The molecule has 1 aliphatic heterocycles. The van der Waals surface area contributed by atoms with Gasteiger partial charge in [0.25, 0.3) is 14.1 Å². The molecule has 0 aliphatic carbocycles. The van der Waals surface area contributed by atoms with Crippen molar-refractivity contribution >= 4 is 20.7 Å². The number of rotatable bonds is 12. The number of aromatic nitrogens is 2. The molecule has 1 saturated heterocycles. The van der Waals surface area contributed by atoms with Crippen LogP contribution >= 0.6 is 8.53 Å². The zero-order valence-electron chi connectivity index (χ0n) is 19.8. The monoisotopic (exact) mass is 505 g/mol. The Kier molecular flexibility index (Phi) is 11.1. The second-order valence-corrected chi connectivity index (χ2v) is 9.29. The Labute approximate surface area is 198 Å². The summed E-state index contributed by atoms with van der Waals surface area (Å²) in [4.78, 5) is 49.1. The molecule has 2 N–H and O–H groups in total. The summed E-state index contributed by atoms with van der Waals surface area (Å²) in [6, 6.07) is 0.487. The van der Waals surface area contributed by atoms with E-state index in [0.29, 0.717) is 12.8 Å². The van der Waals surface area contributed by atoms with E-state index in [-0.39, 0.29) is 24.9 Å². The lowest BCUT2D eigenvalue weighted by molar-refractivity contribution is -0.149. The van der Waals surface area contributed by atoms with E-state index in [1.165, 1.54) is 16.8 Å². The fourth-order valence-corrected chi connectivity index (χ4v) is 3.92. The summed E-state index contributed by atoms with van der Waals surface area (Å²) >= 11 is 0. The van der Waals surface area contributed by atoms with Gasteiger partial charge in [0.05, 0.1) is 24.9 Å². The van der Waals surface area contributed by atoms with Crippen LogP contribution in [0.15, 0.2) is 21.9 Å². The molecule has 1 aromatic rings. The van der Waals surface area contributed by atoms with E-state index in [9.17, 15) is 19.2 Å². The summed E-state index contributed by atoms with van der Waals surface area (Å²) in [5, 5.41) is 2.88. The summed E-state index contributed by atoms with van der Waals surface area (Å²) in [6.45, 7) is 8.03. The summed E-state index contributed by atoms with van der Waals surface area (Å²) < 4.78 is 33.3. The van der Waals surface area contributed by atoms with E-state index in [1.807, 2.05) is 0 Å². The molecule has 4 unspecified atom stereocenters. The predicted molar refractivity (Wildman–Crippen MR) is 120 cm³/mol. The van der Waals surface area contributed by atoms with Crippen LogP contribution in [0.1, 0.15) is 53.7 Å². The van der Waals surface area contributed by atoms with Crippen LogP contribution in [0.4, 0.5) is 4.79 Å². The standard InChI is InChI=1S/C20H32N3O10P/c1-12(2)31-18(25)14(5)22-34(30-11-28-20(27)32-13(3)4)29-10-15-6-7-17(33-15)23-9-8-16(24)21-19(23)26/h8-9,12-15,17,22H,6-7,10-11H2,1-5H3,(H,21,24,26). The van der Waals surface area contributed by atoms with Crippen LogP contribution in [0.3, 0.4) is 0 Å². The Morgan fingerprint density at radius 1 is 1.15 bits per heavy atom. The minimum Gasteiger partial charge on any atom is -0.462 e. The fourth-order valence-electron chi connectivity index (χ4n) is 2.82. The molecule has 192 valence electrons. The fraction of sp³-hybridized carbons (Fsp3) is 0.700. The van der Waals surface area contributed by atoms with Crippen molar-refractivity contribution < 1.29 is 37.6 Å². The summed E-state index contributed by atoms with van der Waals surface area (Å²) in [5.74, 6) is -0.496. The molecule has 0 saturated carbocycles. The van der Waals surface area contributed by atoms with Crippen LogP contribution in [0.25, 0.3) is 0 Å². The van der Waals surface area contributed by atoms with Gasteiger partial charge in [0.15, 0.2) is 0 Å². The van der Waals surface area contributed by atoms with Crippen LogP contribution in [-0.2, 0) is 32.8 Å². The van der Waals surface area contributed by atoms with E-state index in [2.05, 4.69) is 10.1 Å². The third-order valence-corrected chi connectivity index (χ3v) is 5.63. The first kappa shape index (κ1) is 27.9. The first-order valence-corrected chi connectivity index (χ1v) is 12.1. The van der Waals surface area contributed by atoms with Crippen molar-refractivity contribution in [3.63, 3.8) is 0 Å². The second kappa shape index (κ2) is 13.5. The Bertz CT molecular complexity index is 918. The molecule has 0 radical (unpaired) electrons. The van der Waals surface area contributed by atoms with Gasteiger partial charge >= 0.3 is 17.8 Å². The minimum absolute atomic E-state index is 0.0791. The zero-order chi connectivity index (χ0) is 25.3. The molecular formula is C20H32N3O10P. The van der Waals surface area contributed by atoms with Gasteiger partial charge in [-0.25, -0.2) is 14.7 Å². The van der Waals surface area contributed by atoms with Crippen molar-refractivity contribution in [1.29, 1.82) is 0 Å². The molecule has 0 amide bonds. The number of aromatic amines is 1. The molecule has 1 aromatic heterocycles. The minimum atomic E-state index is -1.88. The molecular weight excluding hydrogens is 473 g/mol. The maximum atomic E-state index is 12.1. The third kappa shape index (κ3) is 9.51. The van der Waals surface area contributed by atoms with E-state index >= 15 is 0 Å². The molecule has 0 spiro atoms. The molecule has 2 rings (SSSR count). The lowest BCUT2D eigenvalue weighted by Crippen LogP contribution is -2.35. The second-order valence-electron chi connectivity index (χ2n) is 8.00. The van der Waals surface area contributed by atoms with Crippen molar-refractivity contribution in [1.82, 2.24) is 14.6 Å². The van der Waals surface area contributed by atoms with E-state index in [0.717, 1.165) is 0 Å². The zero-order valence-corrected chi connectivity index (χ0v) is 20.7. The number of H-pyrrole nitrogens is 1. The number of hydrogen-bond donors (Lipinski definition) is 2. The highest BCUT2D eigenvalue weighted by Gasteiger charge is 2.30. The van der Waals surface area contributed by atoms with Crippen LogP contribution in [-0.4, -0.2) is 59.4 Å². The molecule has 34 heavy (non-hydrogen) atoms. The summed E-state index contributed by atoms with van der Waals surface area (Å²) in [5.41, 5.74) is -1.05. The smallest absolute Gasteiger partial charge is 0.462 e. The van der Waals surface area contributed by atoms with Gasteiger partial charge in [0.2, 0.25) is 6.79 Å². The van der Waals surface area contributed by atoms with Crippen molar-refractivity contribution in [2.45, 2.75) is 78.0 Å². The molecule has 4 atom stereocenters. The van der Waals surface area contributed by atoms with Gasteiger partial charge in [-0.3, -0.25) is 23.7 Å². The maximum absolute atomic E-state index is 12.1. The largest absolute Gasteiger partial charge is 0.510 e. The van der Waals surface area contributed by atoms with Crippen LogP contribution in [0, 0.1) is 0 Å². The molecule has 14 heteroatoms. The number of carbonyl (C=O) groups excluding carboxylic acids is 2. The maximum Gasteiger partial charge on any atom is 0.510 e. The summed E-state index contributed by atoms with van der Waals surface area (Å²) in [6.07, 6.45) is 0.0365. The first-order chi connectivity index (χ1) is 16.0. The third-order valence-electron chi connectivity index (χ3n) is 4.31. The van der Waals surface area contributed by atoms with Gasteiger partial charge in [-0.15, -0.1) is 0 Å². The Morgan fingerprint density at radius 2 is 1.85 bits per heavy atom. The van der Waals surface area contributed by atoms with Gasteiger partial charge in [0.1, 0.15) is 12.3 Å². The van der Waals surface area contributed by atoms with Gasteiger partial charge in [0, 0.05) is 12.3 Å². The lowest BCUT2D eigenvalue weighted by atomic mass is 10.2. The number of esters is 1. The Hall–Kier alpha value is -2.31. The molecule has 13 nitrogen and oxygen atoms in total. The van der Waals surface area contributed by atoms with Crippen LogP contribution in [0.2, 0.25) is 0 Å². The predicted octanol–water partition coefficient (Wildman–Crippen LogP) is 1.92. The number of nitrogens with zero attached hydrogens (tertiary/aromatic N) is 1. The van der Waals surface area contributed by atoms with Gasteiger partial charge in [-0.1, -0.05) is 0 Å². The Balaban J connectivity index is 1.91. The van der Waals surface area contributed by atoms with E-state index in [1.54, 1.807) is 34.6 Å². The van der Waals surface area contributed by atoms with E-state index in [4.69, 9.17) is 28.0 Å². The molecule has 1 fully saturated rings. The van der Waals surface area contributed by atoms with Crippen LogP contribution in [0.5, 0.6) is 0 Å². The highest BCUT2D eigenvalue weighted by Crippen LogP contribution is 2.37. The van der Waals surface area contributed by atoms with Gasteiger partial charge in [-0.05, 0) is 47.5 Å². The molecule has 0 aromatic carbocycles. The van der Waals surface area contributed by atoms with Crippen molar-refractivity contribution in [3.8, 4) is 0 Å². The normalized spacial score (nSPS) is 19.7. The lowest BCUT2D eigenvalue weighted by Gasteiger charge is -2.23. The molecule has 2 heterocycles. The Morgan fingerprint density at radius 3 is 2.50 bits per heavy atom. The number of carbonyl (C=O) groups is 2. The van der Waals surface area contributed by atoms with Crippen molar-refractivity contribution in [2.75, 3.05) is 13.4 Å². The van der Waals surface area contributed by atoms with Gasteiger partial charge in [-0.2, -0.15) is 0 Å². The highest BCUT2D eigenvalue weighted by molar-refractivity contribution is 7.45. The number of hydrogen-bond acceptors (Lipinski definition) is 11. The quantitative estimate of drug-likeness (QED) is 0.243.